The van der Waals surface area contributed by atoms with E-state index in [1.807, 2.05) is 20.8 Å². The van der Waals surface area contributed by atoms with Crippen molar-refractivity contribution in [3.63, 3.8) is 0 Å². The SMILES string of the molecule is COc1ccnc(C(=O)NCC(O)C(C)(C)C)c1. The van der Waals surface area contributed by atoms with Crippen LogP contribution in [0.4, 0.5) is 0 Å². The molecule has 1 amide bonds. The Balaban J connectivity index is 2.60. The van der Waals surface area contributed by atoms with E-state index in [1.54, 1.807) is 12.1 Å². The molecular weight excluding hydrogens is 232 g/mol. The molecule has 1 unspecified atom stereocenters. The second-order valence-corrected chi connectivity index (χ2v) is 5.17. The lowest BCUT2D eigenvalue weighted by molar-refractivity contribution is 0.0585. The number of hydrogen-bond donors (Lipinski definition) is 2. The van der Waals surface area contributed by atoms with E-state index in [2.05, 4.69) is 10.3 Å². The summed E-state index contributed by atoms with van der Waals surface area (Å²) in [4.78, 5) is 15.8. The van der Waals surface area contributed by atoms with Gasteiger partial charge < -0.3 is 15.2 Å². The van der Waals surface area contributed by atoms with Crippen molar-refractivity contribution in [1.29, 1.82) is 0 Å². The zero-order valence-electron chi connectivity index (χ0n) is 11.2. The van der Waals surface area contributed by atoms with Crippen LogP contribution < -0.4 is 10.1 Å². The molecule has 1 aromatic rings. The molecule has 1 heterocycles. The number of aromatic nitrogens is 1. The van der Waals surface area contributed by atoms with Gasteiger partial charge in [0.1, 0.15) is 11.4 Å². The summed E-state index contributed by atoms with van der Waals surface area (Å²) in [5.74, 6) is 0.253. The van der Waals surface area contributed by atoms with Gasteiger partial charge in [-0.15, -0.1) is 0 Å². The molecular formula is C13H20N2O3. The highest BCUT2D eigenvalue weighted by molar-refractivity contribution is 5.92. The molecule has 5 heteroatoms. The van der Waals surface area contributed by atoms with E-state index in [-0.39, 0.29) is 23.6 Å². The van der Waals surface area contributed by atoms with Gasteiger partial charge in [0, 0.05) is 18.8 Å². The average molecular weight is 252 g/mol. The molecule has 0 aliphatic rings. The molecule has 18 heavy (non-hydrogen) atoms. The summed E-state index contributed by atoms with van der Waals surface area (Å²) >= 11 is 0. The lowest BCUT2D eigenvalue weighted by atomic mass is 9.89. The van der Waals surface area contributed by atoms with Crippen molar-refractivity contribution >= 4 is 5.91 Å². The summed E-state index contributed by atoms with van der Waals surface area (Å²) in [7, 11) is 1.53. The van der Waals surface area contributed by atoms with Crippen molar-refractivity contribution in [2.75, 3.05) is 13.7 Å². The first-order valence-corrected chi connectivity index (χ1v) is 5.81. The number of aliphatic hydroxyl groups is 1. The van der Waals surface area contributed by atoms with Crippen molar-refractivity contribution in [3.8, 4) is 5.75 Å². The largest absolute Gasteiger partial charge is 0.497 e. The Morgan fingerprint density at radius 2 is 2.22 bits per heavy atom. The van der Waals surface area contributed by atoms with Gasteiger partial charge in [0.2, 0.25) is 0 Å². The Kier molecular flexibility index (Phi) is 4.67. The topological polar surface area (TPSA) is 71.5 Å². The lowest BCUT2D eigenvalue weighted by Gasteiger charge is -2.25. The first kappa shape index (κ1) is 14.4. The molecule has 1 aromatic heterocycles. The van der Waals surface area contributed by atoms with Gasteiger partial charge in [0.15, 0.2) is 0 Å². The Labute approximate surface area is 107 Å². The van der Waals surface area contributed by atoms with Gasteiger partial charge in [0.25, 0.3) is 5.91 Å². The number of methoxy groups -OCH3 is 1. The zero-order chi connectivity index (χ0) is 13.8. The van der Waals surface area contributed by atoms with Crippen LogP contribution in [0.1, 0.15) is 31.3 Å². The number of carbonyl (C=O) groups is 1. The number of nitrogens with zero attached hydrogens (tertiary/aromatic N) is 1. The van der Waals surface area contributed by atoms with E-state index >= 15 is 0 Å². The summed E-state index contributed by atoms with van der Waals surface area (Å²) in [6.45, 7) is 5.93. The second-order valence-electron chi connectivity index (χ2n) is 5.17. The molecule has 100 valence electrons. The number of nitrogens with one attached hydrogen (secondary N) is 1. The normalized spacial score (nSPS) is 12.9. The predicted molar refractivity (Wildman–Crippen MR) is 68.6 cm³/mol. The van der Waals surface area contributed by atoms with Gasteiger partial charge in [-0.25, -0.2) is 0 Å². The first-order chi connectivity index (χ1) is 8.34. The molecule has 0 aliphatic heterocycles. The Hall–Kier alpha value is -1.62. The van der Waals surface area contributed by atoms with Crippen molar-refractivity contribution < 1.29 is 14.6 Å². The second kappa shape index (κ2) is 5.82. The molecule has 0 saturated heterocycles. The van der Waals surface area contributed by atoms with E-state index < -0.39 is 6.10 Å². The summed E-state index contributed by atoms with van der Waals surface area (Å²) in [6, 6.07) is 3.22. The number of hydrogen-bond acceptors (Lipinski definition) is 4. The van der Waals surface area contributed by atoms with Crippen LogP contribution in [0.3, 0.4) is 0 Å². The van der Waals surface area contributed by atoms with E-state index in [4.69, 9.17) is 4.74 Å². The third kappa shape index (κ3) is 4.00. The third-order valence-corrected chi connectivity index (χ3v) is 2.66. The summed E-state index contributed by atoms with van der Waals surface area (Å²) in [6.07, 6.45) is 0.903. The smallest absolute Gasteiger partial charge is 0.270 e. The molecule has 0 spiro atoms. The molecule has 2 N–H and O–H groups in total. The monoisotopic (exact) mass is 252 g/mol. The van der Waals surface area contributed by atoms with Gasteiger partial charge >= 0.3 is 0 Å². The Morgan fingerprint density at radius 1 is 1.56 bits per heavy atom. The minimum Gasteiger partial charge on any atom is -0.497 e. The molecule has 0 radical (unpaired) electrons. The number of amides is 1. The van der Waals surface area contributed by atoms with Crippen LogP contribution in [-0.2, 0) is 0 Å². The van der Waals surface area contributed by atoms with Crippen LogP contribution in [0.25, 0.3) is 0 Å². The predicted octanol–water partition coefficient (Wildman–Crippen LogP) is 1.23. The Morgan fingerprint density at radius 3 is 2.78 bits per heavy atom. The maximum absolute atomic E-state index is 11.8. The molecule has 0 fully saturated rings. The molecule has 0 saturated carbocycles. The summed E-state index contributed by atoms with van der Waals surface area (Å²) < 4.78 is 5.02. The first-order valence-electron chi connectivity index (χ1n) is 5.81. The van der Waals surface area contributed by atoms with Gasteiger partial charge in [-0.1, -0.05) is 20.8 Å². The molecule has 5 nitrogen and oxygen atoms in total. The van der Waals surface area contributed by atoms with E-state index in [0.29, 0.717) is 5.75 Å². The number of ether oxygens (including phenoxy) is 1. The third-order valence-electron chi connectivity index (χ3n) is 2.66. The van der Waals surface area contributed by atoms with Gasteiger partial charge in [0.05, 0.1) is 13.2 Å². The van der Waals surface area contributed by atoms with Crippen molar-refractivity contribution in [1.82, 2.24) is 10.3 Å². The molecule has 1 atom stereocenters. The number of rotatable bonds is 4. The minimum atomic E-state index is -0.605. The van der Waals surface area contributed by atoms with Crippen molar-refractivity contribution in [2.45, 2.75) is 26.9 Å². The van der Waals surface area contributed by atoms with Crippen LogP contribution in [0.15, 0.2) is 18.3 Å². The highest BCUT2D eigenvalue weighted by atomic mass is 16.5. The van der Waals surface area contributed by atoms with Gasteiger partial charge in [-0.05, 0) is 11.5 Å². The molecule has 1 rings (SSSR count). The molecule has 0 aliphatic carbocycles. The van der Waals surface area contributed by atoms with Gasteiger partial charge in [-0.3, -0.25) is 9.78 Å². The number of aliphatic hydroxyl groups excluding tert-OH is 1. The number of carbonyl (C=O) groups excluding carboxylic acids is 1. The van der Waals surface area contributed by atoms with Crippen LogP contribution in [0, 0.1) is 5.41 Å². The average Bonchev–Trinajstić information content (AvgIpc) is 2.34. The summed E-state index contributed by atoms with van der Waals surface area (Å²) in [5, 5.41) is 12.5. The highest BCUT2D eigenvalue weighted by Gasteiger charge is 2.22. The lowest BCUT2D eigenvalue weighted by Crippen LogP contribution is -2.39. The standard InChI is InChI=1S/C13H20N2O3/c1-13(2,3)11(16)8-15-12(17)10-7-9(18-4)5-6-14-10/h5-7,11,16H,8H2,1-4H3,(H,15,17). The minimum absolute atomic E-state index is 0.196. The van der Waals surface area contributed by atoms with Crippen molar-refractivity contribution in [2.24, 2.45) is 5.41 Å². The van der Waals surface area contributed by atoms with Crippen LogP contribution in [0.5, 0.6) is 5.75 Å². The Bertz CT molecular complexity index is 413. The fraction of sp³-hybridized carbons (Fsp3) is 0.538. The van der Waals surface area contributed by atoms with E-state index in [9.17, 15) is 9.90 Å². The van der Waals surface area contributed by atoms with E-state index in [1.165, 1.54) is 13.3 Å². The van der Waals surface area contributed by atoms with Crippen LogP contribution in [-0.4, -0.2) is 35.8 Å². The van der Waals surface area contributed by atoms with Gasteiger partial charge in [-0.2, -0.15) is 0 Å². The highest BCUT2D eigenvalue weighted by Crippen LogP contribution is 2.18. The van der Waals surface area contributed by atoms with Crippen molar-refractivity contribution in [3.05, 3.63) is 24.0 Å². The molecule has 0 bridgehead atoms. The maximum Gasteiger partial charge on any atom is 0.270 e. The van der Waals surface area contributed by atoms with E-state index in [0.717, 1.165) is 0 Å². The molecule has 0 aromatic carbocycles. The quantitative estimate of drug-likeness (QED) is 0.845. The van der Waals surface area contributed by atoms with Crippen LogP contribution >= 0.6 is 0 Å². The summed E-state index contributed by atoms with van der Waals surface area (Å²) in [5.41, 5.74) is 0.00481. The zero-order valence-corrected chi connectivity index (χ0v) is 11.2. The fourth-order valence-electron chi connectivity index (χ4n) is 1.25. The van der Waals surface area contributed by atoms with Crippen LogP contribution in [0.2, 0.25) is 0 Å². The fourth-order valence-corrected chi connectivity index (χ4v) is 1.25. The maximum atomic E-state index is 11.8. The number of pyridine rings is 1.